The Kier molecular flexibility index (Phi) is 5.69. The molecule has 7 rings (SSSR count). The van der Waals surface area contributed by atoms with Crippen LogP contribution in [-0.4, -0.2) is 34.5 Å². The van der Waals surface area contributed by atoms with Crippen molar-refractivity contribution in [1.82, 2.24) is 9.97 Å². The number of hydrogen-bond acceptors (Lipinski definition) is 5. The molecule has 0 radical (unpaired) electrons. The topological polar surface area (TPSA) is 79.7 Å². The molecule has 2 aromatic heterocycles. The number of rotatable bonds is 2. The minimum Gasteiger partial charge on any atom is -0.461 e. The van der Waals surface area contributed by atoms with Crippen molar-refractivity contribution in [3.63, 3.8) is 0 Å². The highest BCUT2D eigenvalue weighted by Gasteiger charge is 2.24. The minimum atomic E-state index is -0.385. The summed E-state index contributed by atoms with van der Waals surface area (Å²) in [6.07, 6.45) is 3.63. The van der Waals surface area contributed by atoms with E-state index >= 15 is 0 Å². The molecule has 0 fully saturated rings. The number of fused-ring (bicyclic) bond motifs is 5. The Balaban J connectivity index is 0.000000136. The van der Waals surface area contributed by atoms with E-state index in [1.54, 1.807) is 19.2 Å². The molecular weight excluding hydrogens is 460 g/mol. The predicted molar refractivity (Wildman–Crippen MR) is 150 cm³/mol. The number of hydrogen-bond donors (Lipinski definition) is 1. The number of carbonyl (C=O) groups excluding carboxylic acids is 1. The molecule has 6 nitrogen and oxygen atoms in total. The summed E-state index contributed by atoms with van der Waals surface area (Å²) < 4.78 is 4.95. The molecular formula is C31H24N4O2. The number of allylic oxidation sites excluding steroid dienone is 2. The van der Waals surface area contributed by atoms with Gasteiger partial charge in [-0.2, -0.15) is 0 Å². The average Bonchev–Trinajstić information content (AvgIpc) is 3.61. The lowest BCUT2D eigenvalue weighted by atomic mass is 9.94. The normalized spacial score (nSPS) is 15.2. The fraction of sp³-hybridized carbons (Fsp3) is 0.0968. The Morgan fingerprint density at radius 3 is 2.43 bits per heavy atom. The summed E-state index contributed by atoms with van der Waals surface area (Å²) in [6.45, 7) is 4.20. The van der Waals surface area contributed by atoms with Gasteiger partial charge in [-0.05, 0) is 38.1 Å². The van der Waals surface area contributed by atoms with Crippen LogP contribution < -0.4 is 0 Å². The number of esters is 1. The molecule has 0 spiro atoms. The van der Waals surface area contributed by atoms with Crippen molar-refractivity contribution in [1.29, 1.82) is 0 Å². The fourth-order valence-electron chi connectivity index (χ4n) is 4.84. The quantitative estimate of drug-likeness (QED) is 0.267. The number of aromatic amines is 1. The number of ether oxygens (including phenoxy) is 1. The van der Waals surface area contributed by atoms with Crippen molar-refractivity contribution in [2.75, 3.05) is 6.61 Å². The van der Waals surface area contributed by atoms with Crippen molar-refractivity contribution in [3.8, 4) is 0 Å². The van der Waals surface area contributed by atoms with Crippen LogP contribution in [-0.2, 0) is 4.74 Å². The van der Waals surface area contributed by atoms with Gasteiger partial charge in [-0.25, -0.2) is 9.78 Å². The summed E-state index contributed by atoms with van der Waals surface area (Å²) in [6, 6.07) is 26.3. The smallest absolute Gasteiger partial charge is 0.356 e. The van der Waals surface area contributed by atoms with Crippen molar-refractivity contribution < 1.29 is 9.53 Å². The van der Waals surface area contributed by atoms with Crippen LogP contribution in [0.15, 0.2) is 95.0 Å². The molecule has 0 aliphatic carbocycles. The molecule has 0 saturated carbocycles. The Morgan fingerprint density at radius 2 is 1.59 bits per heavy atom. The highest BCUT2D eigenvalue weighted by molar-refractivity contribution is 6.42. The SMILES string of the molecule is CC1=Nc2ccccc2C1=C1C=Nc2ccccc21.CCOC(=O)c1cc2c(cn1)[nH]c1ccccc12. The van der Waals surface area contributed by atoms with E-state index in [-0.39, 0.29) is 5.97 Å². The lowest BCUT2D eigenvalue weighted by molar-refractivity contribution is 0.0519. The van der Waals surface area contributed by atoms with E-state index in [4.69, 9.17) is 4.74 Å². The number of aromatic nitrogens is 2. The number of carbonyl (C=O) groups is 1. The molecule has 180 valence electrons. The van der Waals surface area contributed by atoms with Gasteiger partial charge in [-0.1, -0.05) is 54.6 Å². The van der Waals surface area contributed by atoms with E-state index < -0.39 is 0 Å². The highest BCUT2D eigenvalue weighted by atomic mass is 16.5. The minimum absolute atomic E-state index is 0.342. The van der Waals surface area contributed by atoms with Gasteiger partial charge in [0.15, 0.2) is 0 Å². The number of aliphatic imine (C=N–C) groups is 2. The number of H-pyrrole nitrogens is 1. The van der Waals surface area contributed by atoms with Gasteiger partial charge >= 0.3 is 5.97 Å². The van der Waals surface area contributed by atoms with Gasteiger partial charge in [0.1, 0.15) is 5.69 Å². The number of pyridine rings is 1. The van der Waals surface area contributed by atoms with Gasteiger partial charge in [-0.3, -0.25) is 9.98 Å². The van der Waals surface area contributed by atoms with Crippen LogP contribution in [0.2, 0.25) is 0 Å². The van der Waals surface area contributed by atoms with Gasteiger partial charge < -0.3 is 9.72 Å². The standard InChI is InChI=1S/C17H12N2.C14H12N2O2/c1-11-17(13-7-3-5-9-16(13)19-11)14-10-18-15-8-4-2-6-12(14)15;1-2-18-14(17)12-7-10-9-5-3-4-6-11(9)16-13(10)8-15-12/h2-10H,1H3;3-8,16H,2H2,1H3. The molecule has 0 atom stereocenters. The predicted octanol–water partition coefficient (Wildman–Crippen LogP) is 7.31. The molecule has 1 N–H and O–H groups in total. The van der Waals surface area contributed by atoms with Gasteiger partial charge in [0.05, 0.1) is 29.7 Å². The van der Waals surface area contributed by atoms with E-state index in [0.29, 0.717) is 12.3 Å². The molecule has 2 aliphatic heterocycles. The van der Waals surface area contributed by atoms with Crippen LogP contribution in [0, 0.1) is 0 Å². The summed E-state index contributed by atoms with van der Waals surface area (Å²) in [4.78, 5) is 28.2. The van der Waals surface area contributed by atoms with E-state index in [9.17, 15) is 4.79 Å². The van der Waals surface area contributed by atoms with E-state index in [2.05, 4.69) is 57.2 Å². The second-order valence-corrected chi connectivity index (χ2v) is 8.78. The lowest BCUT2D eigenvalue weighted by Gasteiger charge is -2.06. The maximum atomic E-state index is 11.7. The fourth-order valence-corrected chi connectivity index (χ4v) is 4.84. The molecule has 2 aliphatic rings. The van der Waals surface area contributed by atoms with E-state index in [1.807, 2.05) is 48.7 Å². The number of benzene rings is 3. The van der Waals surface area contributed by atoms with Crippen LogP contribution in [0.25, 0.3) is 33.0 Å². The van der Waals surface area contributed by atoms with Gasteiger partial charge in [0, 0.05) is 50.5 Å². The van der Waals surface area contributed by atoms with Crippen molar-refractivity contribution >= 4 is 62.2 Å². The molecule has 0 saturated heterocycles. The maximum Gasteiger partial charge on any atom is 0.356 e. The van der Waals surface area contributed by atoms with Gasteiger partial charge in [-0.15, -0.1) is 0 Å². The summed E-state index contributed by atoms with van der Waals surface area (Å²) in [5.74, 6) is -0.385. The summed E-state index contributed by atoms with van der Waals surface area (Å²) >= 11 is 0. The molecule has 3 aromatic carbocycles. The van der Waals surface area contributed by atoms with Crippen molar-refractivity contribution in [2.24, 2.45) is 9.98 Å². The molecule has 6 heteroatoms. The van der Waals surface area contributed by atoms with Crippen molar-refractivity contribution in [2.45, 2.75) is 13.8 Å². The second kappa shape index (κ2) is 9.32. The van der Waals surface area contributed by atoms with Crippen molar-refractivity contribution in [3.05, 3.63) is 102 Å². The third-order valence-corrected chi connectivity index (χ3v) is 6.49. The largest absolute Gasteiger partial charge is 0.461 e. The number of nitrogens with zero attached hydrogens (tertiary/aromatic N) is 3. The first-order chi connectivity index (χ1) is 18.1. The zero-order valence-corrected chi connectivity index (χ0v) is 20.5. The van der Waals surface area contributed by atoms with E-state index in [0.717, 1.165) is 38.9 Å². The summed E-state index contributed by atoms with van der Waals surface area (Å²) in [7, 11) is 0. The van der Waals surface area contributed by atoms with Crippen LogP contribution in [0.3, 0.4) is 0 Å². The van der Waals surface area contributed by atoms with Crippen LogP contribution in [0.5, 0.6) is 0 Å². The Hall–Kier alpha value is -4.84. The summed E-state index contributed by atoms with van der Waals surface area (Å²) in [5, 5.41) is 2.07. The number of nitrogens with one attached hydrogen (secondary N) is 1. The molecule has 4 heterocycles. The number of para-hydroxylation sites is 3. The van der Waals surface area contributed by atoms with Crippen LogP contribution in [0.4, 0.5) is 11.4 Å². The molecule has 0 amide bonds. The van der Waals surface area contributed by atoms with Crippen LogP contribution >= 0.6 is 0 Å². The van der Waals surface area contributed by atoms with E-state index in [1.165, 1.54) is 22.3 Å². The molecule has 37 heavy (non-hydrogen) atoms. The Bertz CT molecular complexity index is 1770. The molecule has 0 bridgehead atoms. The Morgan fingerprint density at radius 1 is 0.865 bits per heavy atom. The first-order valence-corrected chi connectivity index (χ1v) is 12.2. The first-order valence-electron chi connectivity index (χ1n) is 12.2. The average molecular weight is 485 g/mol. The van der Waals surface area contributed by atoms with Gasteiger partial charge in [0.2, 0.25) is 0 Å². The third kappa shape index (κ3) is 4.02. The third-order valence-electron chi connectivity index (χ3n) is 6.49. The molecule has 5 aromatic rings. The monoisotopic (exact) mass is 484 g/mol. The zero-order valence-electron chi connectivity index (χ0n) is 20.5. The lowest BCUT2D eigenvalue weighted by Crippen LogP contribution is -2.06. The second-order valence-electron chi connectivity index (χ2n) is 8.78. The zero-order chi connectivity index (χ0) is 25.4. The first kappa shape index (κ1) is 22.6. The van der Waals surface area contributed by atoms with Crippen LogP contribution in [0.1, 0.15) is 35.5 Å². The summed E-state index contributed by atoms with van der Waals surface area (Å²) in [5.41, 5.74) is 10.3. The highest BCUT2D eigenvalue weighted by Crippen LogP contribution is 2.42. The van der Waals surface area contributed by atoms with Gasteiger partial charge in [0.25, 0.3) is 0 Å². The molecule has 0 unspecified atom stereocenters. The maximum absolute atomic E-state index is 11.7. The Labute approximate surface area is 214 Å².